The van der Waals surface area contributed by atoms with E-state index in [0.29, 0.717) is 4.47 Å². The zero-order chi connectivity index (χ0) is 14.5. The molecule has 1 unspecified atom stereocenters. The molecule has 1 saturated heterocycles. The molecule has 1 fully saturated rings. The fraction of sp³-hybridized carbons (Fsp3) is 0.571. The van der Waals surface area contributed by atoms with E-state index in [9.17, 15) is 4.79 Å². The monoisotopic (exact) mass is 338 g/mol. The quantitative estimate of drug-likeness (QED) is 0.827. The summed E-state index contributed by atoms with van der Waals surface area (Å²) in [5.74, 6) is 2.41. The number of nitrogens with zero attached hydrogens (tertiary/aromatic N) is 3. The van der Waals surface area contributed by atoms with Crippen LogP contribution in [0.2, 0.25) is 0 Å². The summed E-state index contributed by atoms with van der Waals surface area (Å²) >= 11 is 3.32. The first-order valence-electron chi connectivity index (χ1n) is 6.80. The first kappa shape index (κ1) is 15.1. The molecule has 1 aromatic heterocycles. The van der Waals surface area contributed by atoms with Crippen molar-refractivity contribution < 1.29 is 0 Å². The fourth-order valence-electron chi connectivity index (χ4n) is 2.43. The molecule has 0 aliphatic carbocycles. The van der Waals surface area contributed by atoms with Crippen molar-refractivity contribution in [2.45, 2.75) is 32.4 Å². The first-order valence-corrected chi connectivity index (χ1v) is 7.59. The molecule has 1 aliphatic rings. The summed E-state index contributed by atoms with van der Waals surface area (Å²) in [6, 6.07) is 0.258. The van der Waals surface area contributed by atoms with Gasteiger partial charge in [0, 0.05) is 12.6 Å². The highest BCUT2D eigenvalue weighted by Crippen LogP contribution is 2.18. The van der Waals surface area contributed by atoms with Crippen molar-refractivity contribution in [2.24, 2.45) is 0 Å². The molecule has 20 heavy (non-hydrogen) atoms. The molecule has 6 heteroatoms. The van der Waals surface area contributed by atoms with E-state index in [1.165, 1.54) is 17.5 Å². The Kier molecular flexibility index (Phi) is 5.21. The van der Waals surface area contributed by atoms with Crippen molar-refractivity contribution in [2.75, 3.05) is 25.0 Å². The van der Waals surface area contributed by atoms with Gasteiger partial charge in [-0.2, -0.15) is 5.10 Å². The van der Waals surface area contributed by atoms with Crippen molar-refractivity contribution >= 4 is 21.6 Å². The van der Waals surface area contributed by atoms with Gasteiger partial charge >= 0.3 is 0 Å². The number of anilines is 1. The van der Waals surface area contributed by atoms with Gasteiger partial charge in [-0.15, -0.1) is 6.42 Å². The Bertz CT molecular complexity index is 557. The lowest BCUT2D eigenvalue weighted by molar-refractivity contribution is 0.328. The Labute approximate surface area is 127 Å². The lowest BCUT2D eigenvalue weighted by atomic mass is 10.3. The molecular weight excluding hydrogens is 320 g/mol. The molecule has 1 aromatic rings. The zero-order valence-electron chi connectivity index (χ0n) is 11.6. The maximum absolute atomic E-state index is 12.0. The Morgan fingerprint density at radius 3 is 2.90 bits per heavy atom. The van der Waals surface area contributed by atoms with Gasteiger partial charge in [-0.1, -0.05) is 5.92 Å². The fourth-order valence-corrected chi connectivity index (χ4v) is 2.85. The average molecular weight is 339 g/mol. The number of likely N-dealkylation sites (tertiary alicyclic amines) is 1. The van der Waals surface area contributed by atoms with E-state index < -0.39 is 0 Å². The number of aromatic nitrogens is 2. The SMILES string of the molecule is C#CCn1ncc(NC(C)CN2CCCC2)c(Br)c1=O. The maximum Gasteiger partial charge on any atom is 0.284 e. The first-order chi connectivity index (χ1) is 9.61. The normalized spacial score (nSPS) is 16.9. The van der Waals surface area contributed by atoms with Crippen molar-refractivity contribution in [3.8, 4) is 12.3 Å². The van der Waals surface area contributed by atoms with Gasteiger partial charge < -0.3 is 10.2 Å². The van der Waals surface area contributed by atoms with Crippen LogP contribution in [0.25, 0.3) is 0 Å². The van der Waals surface area contributed by atoms with Crippen molar-refractivity contribution in [3.05, 3.63) is 21.0 Å². The highest BCUT2D eigenvalue weighted by Gasteiger charge is 2.16. The molecule has 0 saturated carbocycles. The molecule has 0 spiro atoms. The molecule has 1 N–H and O–H groups in total. The number of rotatable bonds is 5. The smallest absolute Gasteiger partial charge is 0.284 e. The Hall–Kier alpha value is -1.32. The van der Waals surface area contributed by atoms with Crippen LogP contribution in [0.3, 0.4) is 0 Å². The number of hydrogen-bond acceptors (Lipinski definition) is 4. The minimum absolute atomic E-state index is 0.182. The number of halogens is 1. The van der Waals surface area contributed by atoms with Gasteiger partial charge in [0.15, 0.2) is 0 Å². The van der Waals surface area contributed by atoms with Crippen LogP contribution in [-0.4, -0.2) is 40.4 Å². The Morgan fingerprint density at radius 1 is 1.55 bits per heavy atom. The van der Waals surface area contributed by atoms with E-state index in [1.807, 2.05) is 0 Å². The van der Waals surface area contributed by atoms with Gasteiger partial charge in [-0.25, -0.2) is 4.68 Å². The molecule has 2 heterocycles. The zero-order valence-corrected chi connectivity index (χ0v) is 13.2. The van der Waals surface area contributed by atoms with Gasteiger partial charge in [0.25, 0.3) is 5.56 Å². The molecule has 0 bridgehead atoms. The van der Waals surface area contributed by atoms with E-state index in [2.05, 4.69) is 44.1 Å². The van der Waals surface area contributed by atoms with E-state index in [1.54, 1.807) is 6.20 Å². The molecular formula is C14H19BrN4O. The van der Waals surface area contributed by atoms with Crippen LogP contribution in [0.15, 0.2) is 15.5 Å². The van der Waals surface area contributed by atoms with Crippen LogP contribution in [0.5, 0.6) is 0 Å². The van der Waals surface area contributed by atoms with Crippen LogP contribution in [-0.2, 0) is 6.54 Å². The molecule has 0 radical (unpaired) electrons. The van der Waals surface area contributed by atoms with Crippen LogP contribution in [0.4, 0.5) is 5.69 Å². The van der Waals surface area contributed by atoms with Crippen LogP contribution >= 0.6 is 15.9 Å². The largest absolute Gasteiger partial charge is 0.379 e. The second-order valence-electron chi connectivity index (χ2n) is 5.09. The third-order valence-corrected chi connectivity index (χ3v) is 4.12. The summed E-state index contributed by atoms with van der Waals surface area (Å²) in [5.41, 5.74) is 0.510. The number of terminal acetylenes is 1. The van der Waals surface area contributed by atoms with Gasteiger partial charge in [-0.3, -0.25) is 4.79 Å². The lowest BCUT2D eigenvalue weighted by Crippen LogP contribution is -2.34. The van der Waals surface area contributed by atoms with E-state index in [4.69, 9.17) is 6.42 Å². The van der Waals surface area contributed by atoms with Crippen molar-refractivity contribution in [1.82, 2.24) is 14.7 Å². The minimum Gasteiger partial charge on any atom is -0.379 e. The summed E-state index contributed by atoms with van der Waals surface area (Å²) in [7, 11) is 0. The predicted molar refractivity (Wildman–Crippen MR) is 83.8 cm³/mol. The van der Waals surface area contributed by atoms with E-state index in [0.717, 1.165) is 25.3 Å². The minimum atomic E-state index is -0.207. The third-order valence-electron chi connectivity index (χ3n) is 3.36. The topological polar surface area (TPSA) is 50.2 Å². The Morgan fingerprint density at radius 2 is 2.25 bits per heavy atom. The van der Waals surface area contributed by atoms with Crippen molar-refractivity contribution in [3.63, 3.8) is 0 Å². The second-order valence-corrected chi connectivity index (χ2v) is 5.89. The van der Waals surface area contributed by atoms with Gasteiger partial charge in [0.1, 0.15) is 11.0 Å². The highest BCUT2D eigenvalue weighted by atomic mass is 79.9. The average Bonchev–Trinajstić information content (AvgIpc) is 2.91. The lowest BCUT2D eigenvalue weighted by Gasteiger charge is -2.22. The van der Waals surface area contributed by atoms with Gasteiger partial charge in [0.2, 0.25) is 0 Å². The van der Waals surface area contributed by atoms with Crippen molar-refractivity contribution in [1.29, 1.82) is 0 Å². The van der Waals surface area contributed by atoms with Gasteiger partial charge in [-0.05, 0) is 48.8 Å². The standard InChI is InChI=1S/C14H19BrN4O/c1-3-6-19-14(20)13(15)12(9-16-19)17-11(2)10-18-7-4-5-8-18/h1,9,11,17H,4-8,10H2,2H3. The number of hydrogen-bond donors (Lipinski definition) is 1. The summed E-state index contributed by atoms with van der Waals surface area (Å²) < 4.78 is 1.75. The second kappa shape index (κ2) is 6.91. The van der Waals surface area contributed by atoms with Gasteiger partial charge in [0.05, 0.1) is 11.9 Å². The van der Waals surface area contributed by atoms with Crippen LogP contribution in [0, 0.1) is 12.3 Å². The summed E-state index contributed by atoms with van der Waals surface area (Å²) in [6.07, 6.45) is 9.40. The summed E-state index contributed by atoms with van der Waals surface area (Å²) in [4.78, 5) is 14.4. The summed E-state index contributed by atoms with van der Waals surface area (Å²) in [6.45, 7) is 5.59. The van der Waals surface area contributed by atoms with E-state index in [-0.39, 0.29) is 18.1 Å². The van der Waals surface area contributed by atoms with Crippen LogP contribution in [0.1, 0.15) is 19.8 Å². The predicted octanol–water partition coefficient (Wildman–Crippen LogP) is 1.54. The maximum atomic E-state index is 12.0. The molecule has 5 nitrogen and oxygen atoms in total. The Balaban J connectivity index is 2.03. The molecule has 2 rings (SSSR count). The summed E-state index contributed by atoms with van der Waals surface area (Å²) in [5, 5.41) is 7.40. The van der Waals surface area contributed by atoms with E-state index >= 15 is 0 Å². The molecule has 0 amide bonds. The van der Waals surface area contributed by atoms with Crippen LogP contribution < -0.4 is 10.9 Å². The molecule has 1 aliphatic heterocycles. The molecule has 0 aromatic carbocycles. The molecule has 108 valence electrons. The highest BCUT2D eigenvalue weighted by molar-refractivity contribution is 9.10. The number of nitrogens with one attached hydrogen (secondary N) is 1. The third kappa shape index (κ3) is 3.62. The molecule has 1 atom stereocenters.